The van der Waals surface area contributed by atoms with E-state index in [0.717, 1.165) is 21.3 Å². The van der Waals surface area contributed by atoms with Crippen molar-refractivity contribution in [1.29, 1.82) is 0 Å². The molecule has 0 radical (unpaired) electrons. The van der Waals surface area contributed by atoms with E-state index in [9.17, 15) is 18.0 Å². The van der Waals surface area contributed by atoms with Gasteiger partial charge in [-0.2, -0.15) is 13.2 Å². The summed E-state index contributed by atoms with van der Waals surface area (Å²) >= 11 is 3.51. The molecule has 1 aliphatic rings. The third-order valence-electron chi connectivity index (χ3n) is 4.70. The van der Waals surface area contributed by atoms with Crippen LogP contribution in [0.2, 0.25) is 0 Å². The van der Waals surface area contributed by atoms with Gasteiger partial charge in [0.05, 0.1) is 11.3 Å². The predicted octanol–water partition coefficient (Wildman–Crippen LogP) is 6.10. The topological polar surface area (TPSA) is 29.1 Å². The summed E-state index contributed by atoms with van der Waals surface area (Å²) in [5.74, 6) is -0.940. The van der Waals surface area contributed by atoms with Crippen LogP contribution in [0, 0.1) is 0 Å². The number of amides is 1. The monoisotopic (exact) mass is 419 g/mol. The highest BCUT2D eigenvalue weighted by atomic mass is 79.9. The third kappa shape index (κ3) is 2.78. The van der Waals surface area contributed by atoms with Crippen molar-refractivity contribution < 1.29 is 18.0 Å². The van der Waals surface area contributed by atoms with Gasteiger partial charge in [-0.15, -0.1) is 0 Å². The van der Waals surface area contributed by atoms with Crippen LogP contribution in [0.4, 0.5) is 18.9 Å². The number of hydrogen-bond acceptors (Lipinski definition) is 1. The van der Waals surface area contributed by atoms with Crippen LogP contribution in [0.3, 0.4) is 0 Å². The molecule has 0 fully saturated rings. The number of carbonyl (C=O) groups is 1. The van der Waals surface area contributed by atoms with Crippen LogP contribution in [-0.4, -0.2) is 5.91 Å². The number of anilines is 1. The lowest BCUT2D eigenvalue weighted by Gasteiger charge is -2.29. The van der Waals surface area contributed by atoms with Crippen molar-refractivity contribution in [3.8, 4) is 0 Å². The van der Waals surface area contributed by atoms with Crippen molar-refractivity contribution in [1.82, 2.24) is 0 Å². The zero-order valence-corrected chi connectivity index (χ0v) is 15.0. The molecule has 1 heterocycles. The van der Waals surface area contributed by atoms with E-state index in [1.165, 1.54) is 12.1 Å². The zero-order chi connectivity index (χ0) is 18.5. The summed E-state index contributed by atoms with van der Waals surface area (Å²) in [5.41, 5.74) is 0.696. The highest BCUT2D eigenvalue weighted by Crippen LogP contribution is 2.46. The van der Waals surface area contributed by atoms with Gasteiger partial charge in [0, 0.05) is 22.2 Å². The number of carbonyl (C=O) groups excluding carboxylic acids is 1. The summed E-state index contributed by atoms with van der Waals surface area (Å²) in [5, 5.41) is 4.55. The first-order valence-electron chi connectivity index (χ1n) is 8.03. The summed E-state index contributed by atoms with van der Waals surface area (Å²) in [7, 11) is 0. The molecule has 1 amide bonds. The Bertz CT molecular complexity index is 1030. The molecule has 132 valence electrons. The van der Waals surface area contributed by atoms with Gasteiger partial charge < -0.3 is 5.32 Å². The molecule has 0 aromatic heterocycles. The Morgan fingerprint density at radius 2 is 1.62 bits per heavy atom. The van der Waals surface area contributed by atoms with E-state index in [1.807, 2.05) is 30.3 Å². The van der Waals surface area contributed by atoms with Gasteiger partial charge in [-0.1, -0.05) is 58.4 Å². The first-order chi connectivity index (χ1) is 12.4. The zero-order valence-electron chi connectivity index (χ0n) is 13.4. The summed E-state index contributed by atoms with van der Waals surface area (Å²) in [6.45, 7) is 0. The Kier molecular flexibility index (Phi) is 4.03. The maximum atomic E-state index is 13.5. The van der Waals surface area contributed by atoms with Crippen LogP contribution in [0.15, 0.2) is 59.1 Å². The van der Waals surface area contributed by atoms with Gasteiger partial charge in [-0.3, -0.25) is 4.79 Å². The van der Waals surface area contributed by atoms with Crippen molar-refractivity contribution >= 4 is 38.3 Å². The molecule has 4 rings (SSSR count). The average molecular weight is 420 g/mol. The Labute approximate surface area is 156 Å². The number of alkyl halides is 3. The molecule has 0 saturated heterocycles. The minimum Gasteiger partial charge on any atom is -0.325 e. The molecule has 2 nitrogen and oxygen atoms in total. The number of benzene rings is 3. The molecule has 0 spiro atoms. The molecule has 0 saturated carbocycles. The van der Waals surface area contributed by atoms with Gasteiger partial charge in [0.1, 0.15) is 0 Å². The van der Waals surface area contributed by atoms with Crippen molar-refractivity contribution in [2.45, 2.75) is 18.5 Å². The van der Waals surface area contributed by atoms with E-state index in [4.69, 9.17) is 0 Å². The van der Waals surface area contributed by atoms with Gasteiger partial charge in [0.2, 0.25) is 5.91 Å². The number of fused-ring (bicyclic) bond motifs is 3. The smallest absolute Gasteiger partial charge is 0.325 e. The highest BCUT2D eigenvalue weighted by molar-refractivity contribution is 9.10. The van der Waals surface area contributed by atoms with Gasteiger partial charge in [0.15, 0.2) is 0 Å². The molecule has 26 heavy (non-hydrogen) atoms. The lowest BCUT2D eigenvalue weighted by Crippen LogP contribution is -2.25. The van der Waals surface area contributed by atoms with E-state index in [0.29, 0.717) is 11.3 Å². The van der Waals surface area contributed by atoms with E-state index >= 15 is 0 Å². The number of nitrogens with one attached hydrogen (secondary N) is 1. The predicted molar refractivity (Wildman–Crippen MR) is 98.2 cm³/mol. The van der Waals surface area contributed by atoms with Gasteiger partial charge >= 0.3 is 6.18 Å². The van der Waals surface area contributed by atoms with Crippen LogP contribution >= 0.6 is 15.9 Å². The molecule has 0 aliphatic carbocycles. The second-order valence-electron chi connectivity index (χ2n) is 6.26. The Balaban J connectivity index is 1.99. The Hall–Kier alpha value is -2.34. The minimum absolute atomic E-state index is 0.0229. The van der Waals surface area contributed by atoms with Crippen molar-refractivity contribution in [2.75, 3.05) is 5.32 Å². The van der Waals surface area contributed by atoms with Gasteiger partial charge in [0.25, 0.3) is 0 Å². The Morgan fingerprint density at radius 1 is 0.962 bits per heavy atom. The molecular formula is C20H13BrF3NO. The van der Waals surface area contributed by atoms with Crippen molar-refractivity contribution in [3.05, 3.63) is 75.8 Å². The molecule has 1 N–H and O–H groups in total. The third-order valence-corrected chi connectivity index (χ3v) is 5.35. The Morgan fingerprint density at radius 3 is 2.35 bits per heavy atom. The summed E-state index contributed by atoms with van der Waals surface area (Å²) in [6.07, 6.45) is -4.50. The molecule has 3 aromatic rings. The van der Waals surface area contributed by atoms with E-state index in [1.54, 1.807) is 6.07 Å². The molecule has 3 aromatic carbocycles. The first-order valence-corrected chi connectivity index (χ1v) is 8.82. The summed E-state index contributed by atoms with van der Waals surface area (Å²) < 4.78 is 41.3. The second-order valence-corrected chi connectivity index (χ2v) is 7.11. The number of halogens is 4. The molecular weight excluding hydrogens is 407 g/mol. The first kappa shape index (κ1) is 17.1. The van der Waals surface area contributed by atoms with E-state index in [2.05, 4.69) is 21.2 Å². The molecule has 1 aliphatic heterocycles. The minimum atomic E-state index is -4.47. The fourth-order valence-corrected chi connectivity index (χ4v) is 4.18. The number of hydrogen-bond donors (Lipinski definition) is 1. The fraction of sp³-hybridized carbons (Fsp3) is 0.150. The van der Waals surface area contributed by atoms with E-state index < -0.39 is 17.7 Å². The van der Waals surface area contributed by atoms with Crippen LogP contribution in [0.5, 0.6) is 0 Å². The van der Waals surface area contributed by atoms with Crippen LogP contribution < -0.4 is 5.32 Å². The fourth-order valence-electron chi connectivity index (χ4n) is 3.59. The van der Waals surface area contributed by atoms with Gasteiger partial charge in [-0.05, 0) is 28.6 Å². The normalized spacial score (nSPS) is 17.1. The molecule has 0 bridgehead atoms. The largest absolute Gasteiger partial charge is 0.416 e. The number of rotatable bonds is 1. The van der Waals surface area contributed by atoms with Crippen LogP contribution in [0.1, 0.15) is 29.0 Å². The van der Waals surface area contributed by atoms with Crippen LogP contribution in [0.25, 0.3) is 10.8 Å². The molecule has 1 unspecified atom stereocenters. The maximum absolute atomic E-state index is 13.5. The highest BCUT2D eigenvalue weighted by Gasteiger charge is 2.38. The van der Waals surface area contributed by atoms with Gasteiger partial charge in [-0.25, -0.2) is 0 Å². The summed E-state index contributed by atoms with van der Waals surface area (Å²) in [4.78, 5) is 12.3. The average Bonchev–Trinajstić information content (AvgIpc) is 2.61. The SMILES string of the molecule is O=C1CC(c2ccccc2C(F)(F)F)c2cc(Br)c3ccccc3c2N1. The van der Waals surface area contributed by atoms with Crippen molar-refractivity contribution in [3.63, 3.8) is 0 Å². The van der Waals surface area contributed by atoms with E-state index in [-0.39, 0.29) is 17.9 Å². The van der Waals surface area contributed by atoms with Crippen LogP contribution in [-0.2, 0) is 11.0 Å². The molecule has 6 heteroatoms. The lowest BCUT2D eigenvalue weighted by molar-refractivity contribution is -0.138. The van der Waals surface area contributed by atoms with Crippen molar-refractivity contribution in [2.24, 2.45) is 0 Å². The molecule has 1 atom stereocenters. The quantitative estimate of drug-likeness (QED) is 0.507. The summed E-state index contributed by atoms with van der Waals surface area (Å²) in [6, 6.07) is 14.8. The maximum Gasteiger partial charge on any atom is 0.416 e. The standard InChI is InChI=1S/C20H13BrF3NO/c21-17-9-15-14(11-5-3-4-8-16(11)20(22,23)24)10-18(26)25-19(15)13-7-2-1-6-12(13)17/h1-9,14H,10H2,(H,25,26). The second kappa shape index (κ2) is 6.13. The lowest BCUT2D eigenvalue weighted by atomic mass is 9.81.